The molecule has 0 aliphatic heterocycles. The standard InChI is InChI=1S/C16H18ClNO/c1-10-4-5-12(8-11(10)2)16(18)14-9-13(17)6-7-15(14)19-3/h4-9,16H,18H2,1-3H3. The Bertz CT molecular complexity index is 595. The van der Waals surface area contributed by atoms with Crippen LogP contribution in [0.1, 0.15) is 28.3 Å². The second kappa shape index (κ2) is 5.64. The van der Waals surface area contributed by atoms with Crippen LogP contribution in [-0.4, -0.2) is 7.11 Å². The maximum atomic E-state index is 6.34. The molecule has 100 valence electrons. The molecule has 0 bridgehead atoms. The molecule has 2 nitrogen and oxygen atoms in total. The predicted molar refractivity (Wildman–Crippen MR) is 80.0 cm³/mol. The topological polar surface area (TPSA) is 35.2 Å². The van der Waals surface area contributed by atoms with Crippen molar-refractivity contribution in [1.82, 2.24) is 0 Å². The van der Waals surface area contributed by atoms with Gasteiger partial charge in [-0.2, -0.15) is 0 Å². The van der Waals surface area contributed by atoms with Gasteiger partial charge in [-0.05, 0) is 48.7 Å². The van der Waals surface area contributed by atoms with Crippen LogP contribution in [0, 0.1) is 13.8 Å². The molecule has 2 aromatic rings. The van der Waals surface area contributed by atoms with Crippen LogP contribution in [0.4, 0.5) is 0 Å². The summed E-state index contributed by atoms with van der Waals surface area (Å²) in [6.45, 7) is 4.17. The Morgan fingerprint density at radius 1 is 1.05 bits per heavy atom. The van der Waals surface area contributed by atoms with Crippen molar-refractivity contribution in [3.8, 4) is 5.75 Å². The first-order valence-electron chi connectivity index (χ1n) is 6.19. The van der Waals surface area contributed by atoms with Gasteiger partial charge >= 0.3 is 0 Å². The third-order valence-corrected chi connectivity index (χ3v) is 3.65. The predicted octanol–water partition coefficient (Wildman–Crippen LogP) is 4.01. The molecule has 0 aliphatic rings. The second-order valence-electron chi connectivity index (χ2n) is 4.71. The van der Waals surface area contributed by atoms with E-state index in [2.05, 4.69) is 26.0 Å². The molecule has 19 heavy (non-hydrogen) atoms. The molecule has 1 unspecified atom stereocenters. The van der Waals surface area contributed by atoms with Crippen LogP contribution in [0.3, 0.4) is 0 Å². The van der Waals surface area contributed by atoms with Gasteiger partial charge in [0.05, 0.1) is 13.2 Å². The number of hydrogen-bond donors (Lipinski definition) is 1. The van der Waals surface area contributed by atoms with Crippen molar-refractivity contribution in [2.75, 3.05) is 7.11 Å². The number of aryl methyl sites for hydroxylation is 2. The van der Waals surface area contributed by atoms with E-state index in [9.17, 15) is 0 Å². The van der Waals surface area contributed by atoms with Gasteiger partial charge in [-0.15, -0.1) is 0 Å². The van der Waals surface area contributed by atoms with Crippen LogP contribution in [0.2, 0.25) is 5.02 Å². The fourth-order valence-electron chi connectivity index (χ4n) is 2.09. The zero-order valence-electron chi connectivity index (χ0n) is 11.4. The molecule has 0 fully saturated rings. The lowest BCUT2D eigenvalue weighted by Gasteiger charge is -2.17. The Morgan fingerprint density at radius 3 is 2.42 bits per heavy atom. The van der Waals surface area contributed by atoms with E-state index < -0.39 is 0 Å². The number of rotatable bonds is 3. The minimum absolute atomic E-state index is 0.243. The first-order valence-corrected chi connectivity index (χ1v) is 6.57. The van der Waals surface area contributed by atoms with E-state index in [1.165, 1.54) is 11.1 Å². The van der Waals surface area contributed by atoms with Gasteiger partial charge in [0.15, 0.2) is 0 Å². The zero-order valence-corrected chi connectivity index (χ0v) is 12.2. The third kappa shape index (κ3) is 2.91. The molecule has 0 amide bonds. The molecule has 0 spiro atoms. The van der Waals surface area contributed by atoms with Crippen molar-refractivity contribution in [2.45, 2.75) is 19.9 Å². The molecule has 0 heterocycles. The van der Waals surface area contributed by atoms with Gasteiger partial charge in [0, 0.05) is 10.6 Å². The fourth-order valence-corrected chi connectivity index (χ4v) is 2.27. The van der Waals surface area contributed by atoms with Gasteiger partial charge < -0.3 is 10.5 Å². The molecule has 3 heteroatoms. The lowest BCUT2D eigenvalue weighted by Crippen LogP contribution is -2.13. The summed E-state index contributed by atoms with van der Waals surface area (Å²) >= 11 is 6.05. The minimum atomic E-state index is -0.243. The maximum absolute atomic E-state index is 6.34. The second-order valence-corrected chi connectivity index (χ2v) is 5.14. The highest BCUT2D eigenvalue weighted by Gasteiger charge is 2.15. The monoisotopic (exact) mass is 275 g/mol. The van der Waals surface area contributed by atoms with Crippen molar-refractivity contribution >= 4 is 11.6 Å². The number of benzene rings is 2. The molecule has 2 rings (SSSR count). The van der Waals surface area contributed by atoms with Crippen molar-refractivity contribution in [1.29, 1.82) is 0 Å². The lowest BCUT2D eigenvalue weighted by atomic mass is 9.96. The normalized spacial score (nSPS) is 12.3. The van der Waals surface area contributed by atoms with Crippen LogP contribution in [0.25, 0.3) is 0 Å². The van der Waals surface area contributed by atoms with Gasteiger partial charge in [0.25, 0.3) is 0 Å². The van der Waals surface area contributed by atoms with Gasteiger partial charge in [-0.1, -0.05) is 29.8 Å². The van der Waals surface area contributed by atoms with E-state index in [4.69, 9.17) is 22.1 Å². The summed E-state index contributed by atoms with van der Waals surface area (Å²) in [7, 11) is 1.64. The Balaban J connectivity index is 2.45. The summed E-state index contributed by atoms with van der Waals surface area (Å²) in [6, 6.07) is 11.5. The average Bonchev–Trinajstić information content (AvgIpc) is 2.41. The Hall–Kier alpha value is -1.51. The van der Waals surface area contributed by atoms with Crippen LogP contribution < -0.4 is 10.5 Å². The Morgan fingerprint density at radius 2 is 1.79 bits per heavy atom. The SMILES string of the molecule is COc1ccc(Cl)cc1C(N)c1ccc(C)c(C)c1. The van der Waals surface area contributed by atoms with Gasteiger partial charge in [0.2, 0.25) is 0 Å². The summed E-state index contributed by atoms with van der Waals surface area (Å²) in [5.74, 6) is 0.759. The van der Waals surface area contributed by atoms with Crippen molar-refractivity contribution < 1.29 is 4.74 Å². The van der Waals surface area contributed by atoms with E-state index in [0.717, 1.165) is 16.9 Å². The van der Waals surface area contributed by atoms with E-state index >= 15 is 0 Å². The first kappa shape index (κ1) is 13.9. The van der Waals surface area contributed by atoms with E-state index in [1.54, 1.807) is 13.2 Å². The molecular weight excluding hydrogens is 258 g/mol. The highest BCUT2D eigenvalue weighted by Crippen LogP contribution is 2.31. The number of hydrogen-bond acceptors (Lipinski definition) is 2. The molecule has 0 radical (unpaired) electrons. The van der Waals surface area contributed by atoms with Crippen molar-refractivity contribution in [2.24, 2.45) is 5.73 Å². The Kier molecular flexibility index (Phi) is 4.13. The molecule has 2 N–H and O–H groups in total. The molecule has 1 atom stereocenters. The zero-order chi connectivity index (χ0) is 14.0. The third-order valence-electron chi connectivity index (χ3n) is 3.42. The van der Waals surface area contributed by atoms with E-state index in [0.29, 0.717) is 5.02 Å². The van der Waals surface area contributed by atoms with Crippen LogP contribution in [-0.2, 0) is 0 Å². The Labute approximate surface area is 119 Å². The molecule has 2 aromatic carbocycles. The van der Waals surface area contributed by atoms with Gasteiger partial charge in [-0.25, -0.2) is 0 Å². The average molecular weight is 276 g/mol. The highest BCUT2D eigenvalue weighted by molar-refractivity contribution is 6.30. The summed E-state index contributed by atoms with van der Waals surface area (Å²) in [4.78, 5) is 0. The van der Waals surface area contributed by atoms with Crippen LogP contribution >= 0.6 is 11.6 Å². The number of halogens is 1. The van der Waals surface area contributed by atoms with Crippen LogP contribution in [0.15, 0.2) is 36.4 Å². The summed E-state index contributed by atoms with van der Waals surface area (Å²) in [6.07, 6.45) is 0. The van der Waals surface area contributed by atoms with E-state index in [-0.39, 0.29) is 6.04 Å². The lowest BCUT2D eigenvalue weighted by molar-refractivity contribution is 0.408. The maximum Gasteiger partial charge on any atom is 0.124 e. The van der Waals surface area contributed by atoms with Gasteiger partial charge in [-0.3, -0.25) is 0 Å². The molecule has 0 saturated heterocycles. The molecule has 0 aromatic heterocycles. The van der Waals surface area contributed by atoms with E-state index in [1.807, 2.05) is 18.2 Å². The minimum Gasteiger partial charge on any atom is -0.496 e. The van der Waals surface area contributed by atoms with Crippen LogP contribution in [0.5, 0.6) is 5.75 Å². The summed E-state index contributed by atoms with van der Waals surface area (Å²) in [5, 5.41) is 0.662. The largest absolute Gasteiger partial charge is 0.496 e. The molecule has 0 aliphatic carbocycles. The number of nitrogens with two attached hydrogens (primary N) is 1. The van der Waals surface area contributed by atoms with Gasteiger partial charge in [0.1, 0.15) is 5.75 Å². The highest BCUT2D eigenvalue weighted by atomic mass is 35.5. The van der Waals surface area contributed by atoms with Crippen molar-refractivity contribution in [3.05, 3.63) is 63.7 Å². The number of ether oxygens (including phenoxy) is 1. The fraction of sp³-hybridized carbons (Fsp3) is 0.250. The smallest absolute Gasteiger partial charge is 0.124 e. The number of methoxy groups -OCH3 is 1. The quantitative estimate of drug-likeness (QED) is 0.918. The molecular formula is C16H18ClNO. The summed E-state index contributed by atoms with van der Waals surface area (Å²) < 4.78 is 5.36. The molecule has 0 saturated carbocycles. The van der Waals surface area contributed by atoms with Crippen molar-refractivity contribution in [3.63, 3.8) is 0 Å². The first-order chi connectivity index (χ1) is 9.02. The summed E-state index contributed by atoms with van der Waals surface area (Å²) in [5.41, 5.74) is 10.8.